The fourth-order valence-corrected chi connectivity index (χ4v) is 4.03. The number of likely N-dealkylation sites (tertiary alicyclic amines) is 1. The van der Waals surface area contributed by atoms with Gasteiger partial charge in [-0.2, -0.15) is 13.2 Å². The Morgan fingerprint density at radius 1 is 1.06 bits per heavy atom. The maximum Gasteiger partial charge on any atom is 0.416 e. The van der Waals surface area contributed by atoms with Gasteiger partial charge in [0.25, 0.3) is 0 Å². The normalized spacial score (nSPS) is 15.2. The Morgan fingerprint density at radius 2 is 1.69 bits per heavy atom. The molecule has 0 bridgehead atoms. The van der Waals surface area contributed by atoms with Gasteiger partial charge in [-0.25, -0.2) is 4.79 Å². The van der Waals surface area contributed by atoms with Crippen molar-refractivity contribution in [2.45, 2.75) is 25.6 Å². The Balaban J connectivity index is 1.66. The average Bonchev–Trinajstić information content (AvgIpc) is 2.86. The Bertz CT molecular complexity index is 1090. The van der Waals surface area contributed by atoms with Crippen molar-refractivity contribution in [1.82, 2.24) is 10.2 Å². The van der Waals surface area contributed by atoms with Gasteiger partial charge in [-0.3, -0.25) is 14.9 Å². The number of aliphatic hydroxyl groups excluding tert-OH is 1. The third kappa shape index (κ3) is 6.88. The van der Waals surface area contributed by atoms with Crippen LogP contribution in [0.15, 0.2) is 48.5 Å². The van der Waals surface area contributed by atoms with Crippen molar-refractivity contribution in [3.05, 3.63) is 64.7 Å². The summed E-state index contributed by atoms with van der Waals surface area (Å²) in [5.74, 6) is -0.873. The monoisotopic (exact) mass is 527 g/mol. The molecular formula is C24H25ClF3N3O5. The molecule has 194 valence electrons. The van der Waals surface area contributed by atoms with E-state index in [9.17, 15) is 27.6 Å². The van der Waals surface area contributed by atoms with Crippen LogP contribution in [-0.4, -0.2) is 54.2 Å². The number of aliphatic hydroxyl groups is 1. The predicted octanol–water partition coefficient (Wildman–Crippen LogP) is 3.82. The van der Waals surface area contributed by atoms with E-state index in [0.717, 1.165) is 24.3 Å². The number of benzene rings is 2. The molecule has 1 aliphatic heterocycles. The lowest BCUT2D eigenvalue weighted by Gasteiger charge is -2.40. The van der Waals surface area contributed by atoms with Crippen molar-refractivity contribution in [3.8, 4) is 0 Å². The number of ether oxygens (including phenoxy) is 1. The lowest BCUT2D eigenvalue weighted by atomic mass is 9.78. The highest BCUT2D eigenvalue weighted by Gasteiger charge is 2.43. The molecule has 3 rings (SSSR count). The molecule has 0 spiro atoms. The van der Waals surface area contributed by atoms with Crippen LogP contribution in [0.3, 0.4) is 0 Å². The molecule has 0 aromatic heterocycles. The summed E-state index contributed by atoms with van der Waals surface area (Å²) in [6.45, 7) is -0.504. The van der Waals surface area contributed by atoms with Crippen LogP contribution in [0.4, 0.5) is 23.7 Å². The predicted molar refractivity (Wildman–Crippen MR) is 125 cm³/mol. The molecule has 2 aromatic rings. The number of hydrogen-bond donors (Lipinski definition) is 3. The van der Waals surface area contributed by atoms with Gasteiger partial charge < -0.3 is 20.1 Å². The minimum Gasteiger partial charge on any atom is -0.448 e. The molecule has 1 aliphatic rings. The third-order valence-corrected chi connectivity index (χ3v) is 6.39. The Hall–Kier alpha value is -3.31. The number of alkyl halides is 3. The molecule has 2 aromatic carbocycles. The highest BCUT2D eigenvalue weighted by Crippen LogP contribution is 2.33. The summed E-state index contributed by atoms with van der Waals surface area (Å²) < 4.78 is 43.5. The molecule has 0 unspecified atom stereocenters. The highest BCUT2D eigenvalue weighted by atomic mass is 35.5. The molecule has 3 N–H and O–H groups in total. The van der Waals surface area contributed by atoms with Crippen LogP contribution >= 0.6 is 11.6 Å². The molecule has 0 radical (unpaired) electrons. The van der Waals surface area contributed by atoms with E-state index < -0.39 is 41.7 Å². The number of rotatable bonds is 7. The van der Waals surface area contributed by atoms with Crippen LogP contribution in [0.5, 0.6) is 0 Å². The molecule has 36 heavy (non-hydrogen) atoms. The summed E-state index contributed by atoms with van der Waals surface area (Å²) in [6, 6.07) is 10.8. The number of halogens is 4. The summed E-state index contributed by atoms with van der Waals surface area (Å²) in [4.78, 5) is 38.8. The topological polar surface area (TPSA) is 108 Å². The zero-order valence-corrected chi connectivity index (χ0v) is 19.9. The minimum atomic E-state index is -4.50. The van der Waals surface area contributed by atoms with E-state index in [1.807, 2.05) is 0 Å². The third-order valence-electron chi connectivity index (χ3n) is 6.03. The van der Waals surface area contributed by atoms with Crippen molar-refractivity contribution in [1.29, 1.82) is 0 Å². The number of amides is 3. The fraction of sp³-hybridized carbons (Fsp3) is 0.375. The van der Waals surface area contributed by atoms with Crippen LogP contribution in [-0.2, 0) is 27.0 Å². The lowest BCUT2D eigenvalue weighted by molar-refractivity contribution is -0.144. The van der Waals surface area contributed by atoms with E-state index in [1.54, 1.807) is 24.3 Å². The first-order chi connectivity index (χ1) is 17.0. The molecule has 3 amide bonds. The summed E-state index contributed by atoms with van der Waals surface area (Å²) in [7, 11) is 0. The summed E-state index contributed by atoms with van der Waals surface area (Å²) in [5.41, 5.74) is -1.24. The molecule has 0 atom stereocenters. The van der Waals surface area contributed by atoms with E-state index >= 15 is 0 Å². The molecule has 0 saturated carbocycles. The second kappa shape index (κ2) is 11.6. The molecular weight excluding hydrogens is 503 g/mol. The Kier molecular flexibility index (Phi) is 8.80. The highest BCUT2D eigenvalue weighted by molar-refractivity contribution is 6.31. The van der Waals surface area contributed by atoms with Crippen molar-refractivity contribution in [2.24, 2.45) is 5.41 Å². The molecule has 1 saturated heterocycles. The maximum absolute atomic E-state index is 13.2. The van der Waals surface area contributed by atoms with E-state index in [-0.39, 0.29) is 44.8 Å². The molecule has 1 heterocycles. The average molecular weight is 528 g/mol. The van der Waals surface area contributed by atoms with E-state index in [2.05, 4.69) is 10.6 Å². The van der Waals surface area contributed by atoms with Crippen LogP contribution in [0.2, 0.25) is 5.02 Å². The zero-order chi connectivity index (χ0) is 26.3. The van der Waals surface area contributed by atoms with E-state index in [4.69, 9.17) is 21.4 Å². The Labute approximate surface area is 210 Å². The second-order valence-corrected chi connectivity index (χ2v) is 8.78. The SMILES string of the molecule is O=C(Nc1ccc(C(F)(F)F)cc1)OCC1(C(=O)NCc2ccccc2Cl)CCN(C(=O)CO)CC1. The number of carbonyl (C=O) groups excluding carboxylic acids is 3. The van der Waals surface area contributed by atoms with Gasteiger partial charge in [0.2, 0.25) is 11.8 Å². The van der Waals surface area contributed by atoms with Gasteiger partial charge >= 0.3 is 12.3 Å². The second-order valence-electron chi connectivity index (χ2n) is 8.37. The number of anilines is 1. The fourth-order valence-electron chi connectivity index (χ4n) is 3.83. The van der Waals surface area contributed by atoms with Gasteiger partial charge in [0.1, 0.15) is 13.2 Å². The van der Waals surface area contributed by atoms with Gasteiger partial charge in [-0.1, -0.05) is 29.8 Å². The quantitative estimate of drug-likeness (QED) is 0.507. The van der Waals surface area contributed by atoms with Crippen molar-refractivity contribution < 1.29 is 37.4 Å². The van der Waals surface area contributed by atoms with Gasteiger partial charge in [-0.15, -0.1) is 0 Å². The Morgan fingerprint density at radius 3 is 2.28 bits per heavy atom. The van der Waals surface area contributed by atoms with Gasteiger partial charge in [0.05, 0.1) is 11.0 Å². The number of carbonyl (C=O) groups is 3. The zero-order valence-electron chi connectivity index (χ0n) is 19.1. The van der Waals surface area contributed by atoms with Crippen LogP contribution in [0.1, 0.15) is 24.0 Å². The van der Waals surface area contributed by atoms with E-state index in [0.29, 0.717) is 10.6 Å². The number of nitrogens with one attached hydrogen (secondary N) is 2. The van der Waals surface area contributed by atoms with Crippen molar-refractivity contribution in [2.75, 3.05) is 31.6 Å². The summed E-state index contributed by atoms with van der Waals surface area (Å²) >= 11 is 6.15. The summed E-state index contributed by atoms with van der Waals surface area (Å²) in [6.07, 6.45) is -5.11. The standard InChI is InChI=1S/C24H25ClF3N3O5/c25-19-4-2-1-3-16(19)13-29-21(34)23(9-11-31(12-10-23)20(33)14-32)15-36-22(35)30-18-7-5-17(6-8-18)24(26,27)28/h1-8,32H,9-15H2,(H,29,34)(H,30,35). The lowest BCUT2D eigenvalue weighted by Crippen LogP contribution is -2.53. The molecule has 0 aliphatic carbocycles. The number of nitrogens with zero attached hydrogens (tertiary/aromatic N) is 1. The minimum absolute atomic E-state index is 0.0913. The first-order valence-electron chi connectivity index (χ1n) is 11.1. The first kappa shape index (κ1) is 27.3. The van der Waals surface area contributed by atoms with Crippen LogP contribution in [0, 0.1) is 5.41 Å². The van der Waals surface area contributed by atoms with Crippen LogP contribution in [0.25, 0.3) is 0 Å². The molecule has 8 nitrogen and oxygen atoms in total. The first-order valence-corrected chi connectivity index (χ1v) is 11.4. The maximum atomic E-state index is 13.2. The van der Waals surface area contributed by atoms with Crippen molar-refractivity contribution in [3.63, 3.8) is 0 Å². The summed E-state index contributed by atoms with van der Waals surface area (Å²) in [5, 5.41) is 14.7. The molecule has 1 fully saturated rings. The number of hydrogen-bond acceptors (Lipinski definition) is 5. The number of piperidine rings is 1. The van der Waals surface area contributed by atoms with Gasteiger partial charge in [0.15, 0.2) is 0 Å². The van der Waals surface area contributed by atoms with Crippen molar-refractivity contribution >= 4 is 35.2 Å². The molecule has 12 heteroatoms. The van der Waals surface area contributed by atoms with Gasteiger partial charge in [0, 0.05) is 30.3 Å². The van der Waals surface area contributed by atoms with E-state index in [1.165, 1.54) is 4.90 Å². The smallest absolute Gasteiger partial charge is 0.416 e. The van der Waals surface area contributed by atoms with Gasteiger partial charge in [-0.05, 0) is 48.7 Å². The largest absolute Gasteiger partial charge is 0.448 e. The van der Waals surface area contributed by atoms with Crippen LogP contribution < -0.4 is 10.6 Å².